The van der Waals surface area contributed by atoms with Crippen molar-refractivity contribution in [2.45, 2.75) is 52.3 Å². The van der Waals surface area contributed by atoms with Crippen molar-refractivity contribution in [3.05, 3.63) is 35.4 Å². The Bertz CT molecular complexity index is 335. The van der Waals surface area contributed by atoms with E-state index >= 15 is 0 Å². The maximum atomic E-state index is 3.84. The molecule has 0 aliphatic rings. The topological polar surface area (TPSA) is 0 Å². The molecule has 0 aliphatic heterocycles. The van der Waals surface area contributed by atoms with Gasteiger partial charge in [-0.2, -0.15) is 0 Å². The second-order valence-corrected chi connectivity index (χ2v) is 6.96. The Labute approximate surface area is 115 Å². The summed E-state index contributed by atoms with van der Waals surface area (Å²) in [6, 6.07) is 9.09. The van der Waals surface area contributed by atoms with Gasteiger partial charge in [-0.25, -0.2) is 0 Å². The molecule has 0 bridgehead atoms. The van der Waals surface area contributed by atoms with E-state index in [1.165, 1.54) is 24.0 Å². The molecule has 0 aromatic heterocycles. The van der Waals surface area contributed by atoms with Crippen LogP contribution in [0, 0.1) is 11.3 Å². The molecule has 0 amide bonds. The predicted octanol–water partition coefficient (Wildman–Crippen LogP) is 5.76. The fraction of sp³-hybridized carbons (Fsp3) is 0.625. The number of hydrogen-bond acceptors (Lipinski definition) is 0. The van der Waals surface area contributed by atoms with Crippen LogP contribution in [0.1, 0.15) is 57.0 Å². The highest BCUT2D eigenvalue weighted by atomic mass is 79.9. The molecule has 0 spiro atoms. The molecule has 1 heteroatoms. The minimum atomic E-state index is 0.305. The number of halogens is 1. The van der Waals surface area contributed by atoms with Gasteiger partial charge in [-0.05, 0) is 35.3 Å². The lowest BCUT2D eigenvalue weighted by Crippen LogP contribution is -2.16. The van der Waals surface area contributed by atoms with Crippen LogP contribution in [0.3, 0.4) is 0 Å². The summed E-state index contributed by atoms with van der Waals surface area (Å²) in [6.07, 6.45) is 2.35. The standard InChI is InChI=1S/C16H25Br/c1-6-16(4,5)15(17)14-9-7-13(8-10-14)11-12(2)3/h7-10,12,15H,6,11H2,1-5H3. The maximum Gasteiger partial charge on any atom is 0.0446 e. The Hall–Kier alpha value is -0.300. The summed E-state index contributed by atoms with van der Waals surface area (Å²) in [4.78, 5) is 0.438. The fourth-order valence-electron chi connectivity index (χ4n) is 1.92. The number of benzene rings is 1. The molecular weight excluding hydrogens is 272 g/mol. The molecule has 0 saturated carbocycles. The predicted molar refractivity (Wildman–Crippen MR) is 80.7 cm³/mol. The lowest BCUT2D eigenvalue weighted by atomic mass is 9.83. The van der Waals surface area contributed by atoms with Crippen molar-refractivity contribution in [2.24, 2.45) is 11.3 Å². The second-order valence-electron chi connectivity index (χ2n) is 6.04. The van der Waals surface area contributed by atoms with Crippen LogP contribution in [0.4, 0.5) is 0 Å². The highest BCUT2D eigenvalue weighted by molar-refractivity contribution is 9.09. The molecule has 0 heterocycles. The molecule has 1 rings (SSSR count). The molecule has 0 nitrogen and oxygen atoms in total. The summed E-state index contributed by atoms with van der Waals surface area (Å²) in [5.74, 6) is 0.729. The summed E-state index contributed by atoms with van der Waals surface area (Å²) in [7, 11) is 0. The number of rotatable bonds is 5. The van der Waals surface area contributed by atoms with Crippen LogP contribution >= 0.6 is 15.9 Å². The Kier molecular flexibility index (Phi) is 5.24. The Morgan fingerprint density at radius 2 is 1.65 bits per heavy atom. The largest absolute Gasteiger partial charge is 0.0833 e. The van der Waals surface area contributed by atoms with Crippen molar-refractivity contribution in [1.82, 2.24) is 0 Å². The summed E-state index contributed by atoms with van der Waals surface area (Å²) in [6.45, 7) is 11.4. The van der Waals surface area contributed by atoms with Crippen molar-refractivity contribution < 1.29 is 0 Å². The molecule has 0 aliphatic carbocycles. The van der Waals surface area contributed by atoms with Gasteiger partial charge in [0.05, 0.1) is 0 Å². The van der Waals surface area contributed by atoms with Gasteiger partial charge < -0.3 is 0 Å². The van der Waals surface area contributed by atoms with E-state index in [0.29, 0.717) is 10.2 Å². The smallest absolute Gasteiger partial charge is 0.0446 e. The van der Waals surface area contributed by atoms with Crippen LogP contribution in [0.5, 0.6) is 0 Å². The van der Waals surface area contributed by atoms with Gasteiger partial charge in [0.1, 0.15) is 0 Å². The normalized spacial score (nSPS) is 14.1. The van der Waals surface area contributed by atoms with E-state index in [2.05, 4.69) is 74.8 Å². The highest BCUT2D eigenvalue weighted by Crippen LogP contribution is 2.42. The zero-order chi connectivity index (χ0) is 13.1. The molecule has 1 atom stereocenters. The Balaban J connectivity index is 2.80. The van der Waals surface area contributed by atoms with E-state index in [0.717, 1.165) is 5.92 Å². The van der Waals surface area contributed by atoms with Crippen LogP contribution in [-0.2, 0) is 6.42 Å². The minimum Gasteiger partial charge on any atom is -0.0833 e. The van der Waals surface area contributed by atoms with Gasteiger partial charge in [0, 0.05) is 4.83 Å². The minimum absolute atomic E-state index is 0.305. The van der Waals surface area contributed by atoms with E-state index in [-0.39, 0.29) is 0 Å². The molecule has 17 heavy (non-hydrogen) atoms. The monoisotopic (exact) mass is 296 g/mol. The molecule has 0 fully saturated rings. The zero-order valence-electron chi connectivity index (χ0n) is 11.8. The third-order valence-electron chi connectivity index (χ3n) is 3.51. The summed E-state index contributed by atoms with van der Waals surface area (Å²) in [5.41, 5.74) is 3.14. The summed E-state index contributed by atoms with van der Waals surface area (Å²) >= 11 is 3.84. The van der Waals surface area contributed by atoms with Crippen LogP contribution in [-0.4, -0.2) is 0 Å². The van der Waals surface area contributed by atoms with Gasteiger partial charge in [-0.15, -0.1) is 0 Å². The van der Waals surface area contributed by atoms with E-state index in [1.54, 1.807) is 0 Å². The molecule has 96 valence electrons. The van der Waals surface area contributed by atoms with Crippen LogP contribution < -0.4 is 0 Å². The van der Waals surface area contributed by atoms with Crippen LogP contribution in [0.15, 0.2) is 24.3 Å². The molecule has 1 aromatic rings. The summed E-state index contributed by atoms with van der Waals surface area (Å²) < 4.78 is 0. The van der Waals surface area contributed by atoms with Crippen molar-refractivity contribution in [3.8, 4) is 0 Å². The molecule has 1 aromatic carbocycles. The zero-order valence-corrected chi connectivity index (χ0v) is 13.3. The first-order valence-corrected chi connectivity index (χ1v) is 7.51. The fourth-order valence-corrected chi connectivity index (χ4v) is 2.55. The van der Waals surface area contributed by atoms with Crippen LogP contribution in [0.2, 0.25) is 0 Å². The lowest BCUT2D eigenvalue weighted by molar-refractivity contribution is 0.346. The van der Waals surface area contributed by atoms with E-state index in [1.807, 2.05) is 0 Å². The third-order valence-corrected chi connectivity index (χ3v) is 5.28. The van der Waals surface area contributed by atoms with Gasteiger partial charge in [0.15, 0.2) is 0 Å². The number of alkyl halides is 1. The average Bonchev–Trinajstić information content (AvgIpc) is 2.28. The SMILES string of the molecule is CCC(C)(C)C(Br)c1ccc(CC(C)C)cc1. The summed E-state index contributed by atoms with van der Waals surface area (Å²) in [5, 5.41) is 0. The molecule has 0 N–H and O–H groups in total. The third kappa shape index (κ3) is 4.13. The molecule has 0 saturated heterocycles. The molecule has 1 unspecified atom stereocenters. The van der Waals surface area contributed by atoms with Gasteiger partial charge in [0.2, 0.25) is 0 Å². The first-order chi connectivity index (χ1) is 7.86. The molecular formula is C16H25Br. The van der Waals surface area contributed by atoms with E-state index in [9.17, 15) is 0 Å². The molecule has 0 radical (unpaired) electrons. The van der Waals surface area contributed by atoms with Crippen molar-refractivity contribution in [1.29, 1.82) is 0 Å². The lowest BCUT2D eigenvalue weighted by Gasteiger charge is -2.29. The van der Waals surface area contributed by atoms with Gasteiger partial charge >= 0.3 is 0 Å². The van der Waals surface area contributed by atoms with E-state index in [4.69, 9.17) is 0 Å². The van der Waals surface area contributed by atoms with Gasteiger partial charge in [-0.3, -0.25) is 0 Å². The van der Waals surface area contributed by atoms with Gasteiger partial charge in [0.25, 0.3) is 0 Å². The van der Waals surface area contributed by atoms with E-state index < -0.39 is 0 Å². The van der Waals surface area contributed by atoms with Crippen molar-refractivity contribution in [3.63, 3.8) is 0 Å². The first kappa shape index (κ1) is 14.8. The Morgan fingerprint density at radius 3 is 2.06 bits per heavy atom. The second kappa shape index (κ2) is 6.04. The average molecular weight is 297 g/mol. The van der Waals surface area contributed by atoms with Gasteiger partial charge in [-0.1, -0.05) is 74.8 Å². The highest BCUT2D eigenvalue weighted by Gasteiger charge is 2.26. The maximum absolute atomic E-state index is 3.84. The quantitative estimate of drug-likeness (QED) is 0.606. The number of hydrogen-bond donors (Lipinski definition) is 0. The van der Waals surface area contributed by atoms with Crippen molar-refractivity contribution in [2.75, 3.05) is 0 Å². The van der Waals surface area contributed by atoms with Crippen LogP contribution in [0.25, 0.3) is 0 Å². The van der Waals surface area contributed by atoms with Crippen molar-refractivity contribution >= 4 is 15.9 Å². The first-order valence-electron chi connectivity index (χ1n) is 6.59. The Morgan fingerprint density at radius 1 is 1.12 bits per heavy atom.